The summed E-state index contributed by atoms with van der Waals surface area (Å²) >= 11 is 0. The summed E-state index contributed by atoms with van der Waals surface area (Å²) in [7, 11) is -1.01. The molecule has 2 nitrogen and oxygen atoms in total. The Morgan fingerprint density at radius 1 is 1.27 bits per heavy atom. The van der Waals surface area contributed by atoms with Crippen molar-refractivity contribution >= 4 is 10.8 Å². The van der Waals surface area contributed by atoms with Crippen LogP contribution in [-0.2, 0) is 10.8 Å². The average molecular weight is 225 g/mol. The first-order chi connectivity index (χ1) is 6.93. The van der Waals surface area contributed by atoms with E-state index >= 15 is 0 Å². The molecule has 0 aliphatic heterocycles. The minimum atomic E-state index is -1.01. The zero-order chi connectivity index (χ0) is 11.6. The van der Waals surface area contributed by atoms with Crippen molar-refractivity contribution in [3.8, 4) is 0 Å². The molecular weight excluding hydrogens is 206 g/mol. The van der Waals surface area contributed by atoms with Crippen LogP contribution in [0.25, 0.3) is 0 Å². The molecule has 1 aromatic carbocycles. The Hall–Kier alpha value is -0.670. The Labute approximate surface area is 94.3 Å². The van der Waals surface area contributed by atoms with E-state index in [0.717, 1.165) is 16.0 Å². The summed E-state index contributed by atoms with van der Waals surface area (Å²) in [5.74, 6) is 0. The van der Waals surface area contributed by atoms with E-state index in [1.54, 1.807) is 0 Å². The SMILES string of the molecule is Cc1ccc(C)c(S(=O)C(C)C(C)N)c1. The van der Waals surface area contributed by atoms with Crippen molar-refractivity contribution in [3.63, 3.8) is 0 Å². The van der Waals surface area contributed by atoms with E-state index in [2.05, 4.69) is 0 Å². The predicted molar refractivity (Wildman–Crippen MR) is 65.4 cm³/mol. The summed E-state index contributed by atoms with van der Waals surface area (Å²) in [6.45, 7) is 7.83. The van der Waals surface area contributed by atoms with Crippen LogP contribution in [0.1, 0.15) is 25.0 Å². The van der Waals surface area contributed by atoms with E-state index in [0.29, 0.717) is 0 Å². The molecule has 0 amide bonds. The zero-order valence-corrected chi connectivity index (χ0v) is 10.6. The molecule has 84 valence electrons. The molecule has 3 unspecified atom stereocenters. The van der Waals surface area contributed by atoms with Gasteiger partial charge in [0.1, 0.15) is 0 Å². The van der Waals surface area contributed by atoms with Gasteiger partial charge in [0.05, 0.1) is 16.0 Å². The van der Waals surface area contributed by atoms with Gasteiger partial charge in [-0.15, -0.1) is 0 Å². The fraction of sp³-hybridized carbons (Fsp3) is 0.500. The number of hydrogen-bond donors (Lipinski definition) is 1. The van der Waals surface area contributed by atoms with Gasteiger partial charge in [-0.05, 0) is 44.9 Å². The van der Waals surface area contributed by atoms with Crippen LogP contribution >= 0.6 is 0 Å². The van der Waals surface area contributed by atoms with Crippen molar-refractivity contribution in [1.29, 1.82) is 0 Å². The van der Waals surface area contributed by atoms with Crippen LogP contribution in [0.4, 0.5) is 0 Å². The van der Waals surface area contributed by atoms with Crippen LogP contribution in [-0.4, -0.2) is 15.5 Å². The third kappa shape index (κ3) is 2.89. The van der Waals surface area contributed by atoms with Crippen molar-refractivity contribution in [1.82, 2.24) is 0 Å². The summed E-state index contributed by atoms with van der Waals surface area (Å²) < 4.78 is 12.2. The van der Waals surface area contributed by atoms with Gasteiger partial charge in [-0.25, -0.2) is 0 Å². The van der Waals surface area contributed by atoms with Crippen LogP contribution < -0.4 is 5.73 Å². The third-order valence-electron chi connectivity index (χ3n) is 2.64. The zero-order valence-electron chi connectivity index (χ0n) is 9.78. The van der Waals surface area contributed by atoms with Crippen molar-refractivity contribution in [2.24, 2.45) is 5.73 Å². The average Bonchev–Trinajstić information content (AvgIpc) is 2.19. The van der Waals surface area contributed by atoms with E-state index in [9.17, 15) is 4.21 Å². The molecule has 0 aliphatic carbocycles. The molecule has 1 aromatic rings. The molecule has 3 heteroatoms. The highest BCUT2D eigenvalue weighted by Crippen LogP contribution is 2.18. The molecule has 0 spiro atoms. The lowest BCUT2D eigenvalue weighted by Gasteiger charge is -2.16. The second kappa shape index (κ2) is 4.90. The van der Waals surface area contributed by atoms with Gasteiger partial charge in [-0.1, -0.05) is 12.1 Å². The Bertz CT molecular complexity index is 374. The summed E-state index contributed by atoms with van der Waals surface area (Å²) in [5, 5.41) is -0.00880. The van der Waals surface area contributed by atoms with E-state index in [4.69, 9.17) is 5.73 Å². The third-order valence-corrected chi connectivity index (χ3v) is 4.62. The quantitative estimate of drug-likeness (QED) is 0.856. The molecule has 0 aliphatic rings. The molecule has 0 bridgehead atoms. The van der Waals surface area contributed by atoms with Gasteiger partial charge >= 0.3 is 0 Å². The van der Waals surface area contributed by atoms with Crippen LogP contribution in [0.5, 0.6) is 0 Å². The number of benzene rings is 1. The van der Waals surface area contributed by atoms with Gasteiger partial charge in [0.15, 0.2) is 0 Å². The lowest BCUT2D eigenvalue weighted by molar-refractivity contribution is 0.648. The van der Waals surface area contributed by atoms with Crippen LogP contribution in [0.15, 0.2) is 23.1 Å². The number of nitrogens with two attached hydrogens (primary N) is 1. The summed E-state index contributed by atoms with van der Waals surface area (Å²) in [6.07, 6.45) is 0. The Balaban J connectivity index is 3.05. The highest BCUT2D eigenvalue weighted by atomic mass is 32.2. The van der Waals surface area contributed by atoms with Crippen molar-refractivity contribution in [2.75, 3.05) is 0 Å². The molecule has 0 fully saturated rings. The van der Waals surface area contributed by atoms with Gasteiger partial charge in [0, 0.05) is 10.9 Å². The van der Waals surface area contributed by atoms with Crippen LogP contribution in [0, 0.1) is 13.8 Å². The molecule has 2 N–H and O–H groups in total. The first-order valence-corrected chi connectivity index (χ1v) is 6.38. The summed E-state index contributed by atoms with van der Waals surface area (Å²) in [6, 6.07) is 5.98. The smallest absolute Gasteiger partial charge is 0.0576 e. The first-order valence-electron chi connectivity index (χ1n) is 5.17. The molecule has 0 aromatic heterocycles. The van der Waals surface area contributed by atoms with Gasteiger partial charge in [-0.3, -0.25) is 4.21 Å². The molecule has 3 atom stereocenters. The van der Waals surface area contributed by atoms with Gasteiger partial charge < -0.3 is 5.73 Å². The maximum absolute atomic E-state index is 12.2. The van der Waals surface area contributed by atoms with Crippen molar-refractivity contribution < 1.29 is 4.21 Å². The lowest BCUT2D eigenvalue weighted by Crippen LogP contribution is -2.32. The highest BCUT2D eigenvalue weighted by molar-refractivity contribution is 7.85. The maximum atomic E-state index is 12.2. The molecule has 0 saturated carbocycles. The standard InChI is InChI=1S/C12H19NOS/c1-8-5-6-9(2)12(7-8)15(14)11(4)10(3)13/h5-7,10-11H,13H2,1-4H3. The second-order valence-electron chi connectivity index (χ2n) is 4.13. The van der Waals surface area contributed by atoms with Gasteiger partial charge in [-0.2, -0.15) is 0 Å². The Morgan fingerprint density at radius 3 is 2.40 bits per heavy atom. The number of rotatable bonds is 3. The van der Waals surface area contributed by atoms with Gasteiger partial charge in [0.25, 0.3) is 0 Å². The van der Waals surface area contributed by atoms with Crippen molar-refractivity contribution in [3.05, 3.63) is 29.3 Å². The van der Waals surface area contributed by atoms with Gasteiger partial charge in [0.2, 0.25) is 0 Å². The molecule has 1 rings (SSSR count). The number of hydrogen-bond acceptors (Lipinski definition) is 2. The minimum Gasteiger partial charge on any atom is -0.327 e. The lowest BCUT2D eigenvalue weighted by atomic mass is 10.2. The molecule has 0 radical (unpaired) electrons. The van der Waals surface area contributed by atoms with Crippen molar-refractivity contribution in [2.45, 2.75) is 43.9 Å². The predicted octanol–water partition coefficient (Wildman–Crippen LogP) is 2.15. The molecule has 0 saturated heterocycles. The molecule has 0 heterocycles. The van der Waals surface area contributed by atoms with E-state index in [-0.39, 0.29) is 11.3 Å². The highest BCUT2D eigenvalue weighted by Gasteiger charge is 2.18. The largest absolute Gasteiger partial charge is 0.327 e. The Morgan fingerprint density at radius 2 is 1.87 bits per heavy atom. The summed E-state index contributed by atoms with van der Waals surface area (Å²) in [4.78, 5) is 0.916. The topological polar surface area (TPSA) is 43.1 Å². The first kappa shape index (κ1) is 12.4. The van der Waals surface area contributed by atoms with Crippen LogP contribution in [0.2, 0.25) is 0 Å². The fourth-order valence-electron chi connectivity index (χ4n) is 1.32. The number of aryl methyl sites for hydroxylation is 2. The second-order valence-corrected chi connectivity index (χ2v) is 5.91. The Kier molecular flexibility index (Phi) is 4.05. The normalized spacial score (nSPS) is 17.1. The molecular formula is C12H19NOS. The maximum Gasteiger partial charge on any atom is 0.0576 e. The fourth-order valence-corrected chi connectivity index (χ4v) is 2.80. The summed E-state index contributed by atoms with van der Waals surface area (Å²) in [5.41, 5.74) is 7.98. The monoisotopic (exact) mass is 225 g/mol. The van der Waals surface area contributed by atoms with E-state index in [1.165, 1.54) is 0 Å². The van der Waals surface area contributed by atoms with Crippen LogP contribution in [0.3, 0.4) is 0 Å². The minimum absolute atomic E-state index is 0.00880. The van der Waals surface area contributed by atoms with E-state index < -0.39 is 10.8 Å². The van der Waals surface area contributed by atoms with E-state index in [1.807, 2.05) is 45.9 Å². The molecule has 15 heavy (non-hydrogen) atoms.